The largest absolute Gasteiger partial charge is 0.472 e. The molecule has 0 saturated carbocycles. The van der Waals surface area contributed by atoms with Crippen LogP contribution in [0.4, 0.5) is 0 Å². The highest BCUT2D eigenvalue weighted by Gasteiger charge is 2.30. The molecule has 0 saturated heterocycles. The van der Waals surface area contributed by atoms with E-state index >= 15 is 0 Å². The number of esters is 4. The molecule has 0 aliphatic heterocycles. The van der Waals surface area contributed by atoms with E-state index in [1.54, 1.807) is 0 Å². The number of carbonyl (C=O) groups is 4. The summed E-state index contributed by atoms with van der Waals surface area (Å²) >= 11 is 0. The van der Waals surface area contributed by atoms with Crippen molar-refractivity contribution in [1.82, 2.24) is 0 Å². The molecule has 17 nitrogen and oxygen atoms in total. The Morgan fingerprint density at radius 3 is 0.573 bits per heavy atom. The van der Waals surface area contributed by atoms with Crippen molar-refractivity contribution >= 4 is 39.5 Å². The molecule has 0 aliphatic rings. The smallest absolute Gasteiger partial charge is 0.462 e. The van der Waals surface area contributed by atoms with E-state index in [9.17, 15) is 43.2 Å². The zero-order chi connectivity index (χ0) is 75.3. The fourth-order valence-electron chi connectivity index (χ4n) is 13.2. The Labute approximate surface area is 632 Å². The van der Waals surface area contributed by atoms with E-state index in [0.717, 1.165) is 89.9 Å². The van der Waals surface area contributed by atoms with Gasteiger partial charge in [-0.15, -0.1) is 0 Å². The van der Waals surface area contributed by atoms with Gasteiger partial charge in [0.2, 0.25) is 0 Å². The molecule has 0 amide bonds. The first-order valence-corrected chi connectivity index (χ1v) is 46.8. The quantitative estimate of drug-likeness (QED) is 0.0222. The van der Waals surface area contributed by atoms with Crippen molar-refractivity contribution in [3.63, 3.8) is 0 Å². The van der Waals surface area contributed by atoms with Gasteiger partial charge < -0.3 is 33.8 Å². The molecular weight excluding hydrogens is 1340 g/mol. The van der Waals surface area contributed by atoms with Crippen molar-refractivity contribution < 1.29 is 80.2 Å². The third kappa shape index (κ3) is 78.0. The van der Waals surface area contributed by atoms with Crippen LogP contribution in [0.15, 0.2) is 0 Å². The summed E-state index contributed by atoms with van der Waals surface area (Å²) < 4.78 is 68.8. The van der Waals surface area contributed by atoms with Crippen LogP contribution in [0.5, 0.6) is 0 Å². The van der Waals surface area contributed by atoms with Gasteiger partial charge in [0, 0.05) is 25.7 Å². The molecule has 0 aromatic carbocycles. The Kier molecular flexibility index (Phi) is 76.7. The highest BCUT2D eigenvalue weighted by Crippen LogP contribution is 2.45. The first-order chi connectivity index (χ1) is 50.2. The summed E-state index contributed by atoms with van der Waals surface area (Å²) in [5.74, 6) is -2.10. The van der Waals surface area contributed by atoms with Crippen LogP contribution in [0.3, 0.4) is 0 Å². The Morgan fingerprint density at radius 2 is 0.388 bits per heavy atom. The molecule has 3 N–H and O–H groups in total. The predicted octanol–water partition coefficient (Wildman–Crippen LogP) is 25.7. The molecule has 0 heterocycles. The molecular formula is C84H164O17P2. The van der Waals surface area contributed by atoms with Gasteiger partial charge in [0.05, 0.1) is 26.4 Å². The molecule has 2 unspecified atom stereocenters. The predicted molar refractivity (Wildman–Crippen MR) is 423 cm³/mol. The van der Waals surface area contributed by atoms with Crippen LogP contribution in [0, 0.1) is 0 Å². The topological polar surface area (TPSA) is 237 Å². The SMILES string of the molecule is CCCCCCCCCCCCCCCCCCCCCCC(=O)O[C@H](COC(=O)CCCCCCCCCCCCCCCCCCCC)COP(=O)(O)OC[C@@H](O)COP(=O)(O)OC[C@@H](COC(=O)CCCCCCCCCCCCCC)OC(=O)CCCCCCCCCCCCCCC. The van der Waals surface area contributed by atoms with E-state index in [1.165, 1.54) is 289 Å². The summed E-state index contributed by atoms with van der Waals surface area (Å²) in [7, 11) is -9.92. The average Bonchev–Trinajstić information content (AvgIpc) is 1.15. The van der Waals surface area contributed by atoms with Crippen LogP contribution in [-0.2, 0) is 65.4 Å². The summed E-state index contributed by atoms with van der Waals surface area (Å²) in [6.07, 6.45) is 72.1. The van der Waals surface area contributed by atoms with E-state index in [-0.39, 0.29) is 25.7 Å². The number of carbonyl (C=O) groups excluding carboxylic acids is 4. The number of hydrogen-bond donors (Lipinski definition) is 3. The van der Waals surface area contributed by atoms with Crippen molar-refractivity contribution in [2.24, 2.45) is 0 Å². The normalized spacial score (nSPS) is 13.7. The standard InChI is InChI=1S/C84H164O17P2/c1-5-9-13-17-21-25-29-33-35-37-39-40-42-44-47-51-55-59-63-67-71-84(89)101-80(75-95-82(87)69-65-61-57-53-49-46-43-41-38-36-34-30-26-22-18-14-10-6-2)77-99-103(92,93)97-73-78(85)72-96-102(90,91)98-76-79(74-94-81(86)68-64-60-56-52-48-32-28-24-20-16-12-8-4)100-83(88)70-66-62-58-54-50-45-31-27-23-19-15-11-7-3/h78-80,85H,5-77H2,1-4H3,(H,90,91)(H,92,93)/t78-,79+,80+/m0/s1. The zero-order valence-corrected chi connectivity index (χ0v) is 69.1. The lowest BCUT2D eigenvalue weighted by Crippen LogP contribution is -2.30. The average molecular weight is 1510 g/mol. The number of phosphoric ester groups is 2. The van der Waals surface area contributed by atoms with Gasteiger partial charge in [0.1, 0.15) is 19.3 Å². The number of unbranched alkanes of at least 4 members (excludes halogenated alkanes) is 59. The minimum atomic E-state index is -4.96. The van der Waals surface area contributed by atoms with Gasteiger partial charge in [-0.1, -0.05) is 407 Å². The fraction of sp³-hybridized carbons (Fsp3) is 0.952. The van der Waals surface area contributed by atoms with Crippen LogP contribution >= 0.6 is 15.6 Å². The lowest BCUT2D eigenvalue weighted by atomic mass is 10.0. The molecule has 0 fully saturated rings. The maximum atomic E-state index is 13.1. The lowest BCUT2D eigenvalue weighted by Gasteiger charge is -2.21. The molecule has 19 heteroatoms. The second-order valence-electron chi connectivity index (χ2n) is 30.2. The summed E-state index contributed by atoms with van der Waals surface area (Å²) in [6.45, 7) is 5.05. The van der Waals surface area contributed by atoms with E-state index in [0.29, 0.717) is 25.7 Å². The number of rotatable bonds is 85. The van der Waals surface area contributed by atoms with Crippen LogP contribution in [0.25, 0.3) is 0 Å². The molecule has 5 atom stereocenters. The number of hydrogen-bond acceptors (Lipinski definition) is 15. The van der Waals surface area contributed by atoms with Gasteiger partial charge in [-0.2, -0.15) is 0 Å². The maximum Gasteiger partial charge on any atom is 0.472 e. The second-order valence-corrected chi connectivity index (χ2v) is 33.1. The van der Waals surface area contributed by atoms with Crippen molar-refractivity contribution in [2.45, 2.75) is 476 Å². The monoisotopic (exact) mass is 1510 g/mol. The number of phosphoric acid groups is 2. The second kappa shape index (κ2) is 78.2. The highest BCUT2D eigenvalue weighted by atomic mass is 31.2. The number of aliphatic hydroxyl groups excluding tert-OH is 1. The Balaban J connectivity index is 5.23. The van der Waals surface area contributed by atoms with Crippen LogP contribution in [0.1, 0.15) is 458 Å². The van der Waals surface area contributed by atoms with Crippen LogP contribution < -0.4 is 0 Å². The van der Waals surface area contributed by atoms with E-state index < -0.39 is 97.5 Å². The van der Waals surface area contributed by atoms with Gasteiger partial charge >= 0.3 is 39.5 Å². The minimum Gasteiger partial charge on any atom is -0.462 e. The lowest BCUT2D eigenvalue weighted by molar-refractivity contribution is -0.161. The van der Waals surface area contributed by atoms with Crippen LogP contribution in [0.2, 0.25) is 0 Å². The number of ether oxygens (including phenoxy) is 4. The van der Waals surface area contributed by atoms with Gasteiger partial charge in [-0.25, -0.2) is 9.13 Å². The molecule has 0 bridgehead atoms. The third-order valence-electron chi connectivity index (χ3n) is 19.9. The van der Waals surface area contributed by atoms with Crippen molar-refractivity contribution in [1.29, 1.82) is 0 Å². The van der Waals surface area contributed by atoms with Crippen molar-refractivity contribution in [3.8, 4) is 0 Å². The highest BCUT2D eigenvalue weighted by molar-refractivity contribution is 7.47. The molecule has 0 radical (unpaired) electrons. The van der Waals surface area contributed by atoms with Gasteiger partial charge in [-0.3, -0.25) is 37.3 Å². The molecule has 0 rings (SSSR count). The third-order valence-corrected chi connectivity index (χ3v) is 21.8. The first kappa shape index (κ1) is 101. The first-order valence-electron chi connectivity index (χ1n) is 43.8. The summed E-state index contributed by atoms with van der Waals surface area (Å²) in [5.41, 5.74) is 0. The summed E-state index contributed by atoms with van der Waals surface area (Å²) in [4.78, 5) is 73.2. The molecule has 0 aliphatic carbocycles. The van der Waals surface area contributed by atoms with Gasteiger partial charge in [-0.05, 0) is 25.7 Å². The van der Waals surface area contributed by atoms with Crippen molar-refractivity contribution in [3.05, 3.63) is 0 Å². The van der Waals surface area contributed by atoms with Crippen molar-refractivity contribution in [2.75, 3.05) is 39.6 Å². The Hall–Kier alpha value is -1.94. The number of aliphatic hydroxyl groups is 1. The molecule has 103 heavy (non-hydrogen) atoms. The summed E-state index contributed by atoms with van der Waals surface area (Å²) in [5, 5.41) is 10.7. The van der Waals surface area contributed by atoms with Crippen LogP contribution in [-0.4, -0.2) is 96.7 Å². The molecule has 0 aromatic heterocycles. The molecule has 0 spiro atoms. The minimum absolute atomic E-state index is 0.109. The Bertz CT molecular complexity index is 1950. The fourth-order valence-corrected chi connectivity index (χ4v) is 14.7. The van der Waals surface area contributed by atoms with E-state index in [1.807, 2.05) is 0 Å². The van der Waals surface area contributed by atoms with Gasteiger partial charge in [0.15, 0.2) is 12.2 Å². The Morgan fingerprint density at radius 1 is 0.233 bits per heavy atom. The molecule has 0 aromatic rings. The molecule has 612 valence electrons. The van der Waals surface area contributed by atoms with E-state index in [2.05, 4.69) is 27.7 Å². The van der Waals surface area contributed by atoms with E-state index in [4.69, 9.17) is 37.0 Å². The summed E-state index contributed by atoms with van der Waals surface area (Å²) in [6, 6.07) is 0. The van der Waals surface area contributed by atoms with Gasteiger partial charge in [0.25, 0.3) is 0 Å². The maximum absolute atomic E-state index is 13.1. The zero-order valence-electron chi connectivity index (χ0n) is 67.3.